The van der Waals surface area contributed by atoms with Gasteiger partial charge >= 0.3 is 17.9 Å². The number of hydrogen-bond acceptors (Lipinski definition) is 6. The number of carbonyl (C=O) groups excluding carboxylic acids is 2. The maximum absolute atomic E-state index is 12.7. The van der Waals surface area contributed by atoms with Gasteiger partial charge in [0.05, 0.1) is 34.4 Å². The Morgan fingerprint density at radius 3 is 1.60 bits per heavy atom. The predicted molar refractivity (Wildman–Crippen MR) is 242 cm³/mol. The second-order valence-electron chi connectivity index (χ2n) is 15.0. The van der Waals surface area contributed by atoms with Crippen LogP contribution in [0.4, 0.5) is 0 Å². The third-order valence-electron chi connectivity index (χ3n) is 8.76. The number of allylic oxidation sites excluding steroid dienone is 20. The van der Waals surface area contributed by atoms with Crippen molar-refractivity contribution in [3.63, 3.8) is 0 Å². The van der Waals surface area contributed by atoms with Crippen molar-refractivity contribution in [3.8, 4) is 0 Å². The minimum atomic E-state index is -0.897. The van der Waals surface area contributed by atoms with Gasteiger partial charge in [0.25, 0.3) is 0 Å². The number of rotatable bonds is 36. The second kappa shape index (κ2) is 39.6. The third-order valence-corrected chi connectivity index (χ3v) is 8.76. The number of unbranched alkanes of at least 4 members (excludes halogenated alkanes) is 7. The van der Waals surface area contributed by atoms with Crippen LogP contribution >= 0.6 is 0 Å². The molecule has 0 aromatic carbocycles. The minimum absolute atomic E-state index is 0.0161. The molecular formula is C50H78NO7+. The van der Waals surface area contributed by atoms with Crippen LogP contribution in [0, 0.1) is 0 Å². The van der Waals surface area contributed by atoms with Gasteiger partial charge in [0, 0.05) is 19.3 Å². The van der Waals surface area contributed by atoms with Crippen LogP contribution < -0.4 is 0 Å². The fourth-order valence-corrected chi connectivity index (χ4v) is 5.41. The van der Waals surface area contributed by atoms with Gasteiger partial charge in [0.15, 0.2) is 12.1 Å². The van der Waals surface area contributed by atoms with Crippen LogP contribution in [-0.2, 0) is 28.6 Å². The number of nitrogens with zero attached hydrogens (tertiary/aromatic N) is 1. The summed E-state index contributed by atoms with van der Waals surface area (Å²) in [5.41, 5.74) is 0. The standard InChI is InChI=1S/C50H77NO7/c1-6-8-10-12-14-16-18-20-22-24-26-28-30-32-34-36-38-40-48(52)57-45-46(44-56-43-42-47(50(54)55)51(3,4)5)58-49(53)41-39-37-35-33-31-29-27-25-23-21-19-17-15-13-11-9-7-2/h9,11,13-17,19-23,25-29,31-32,34,46-47H,6-8,10,12,18,24,30,33,35-45H2,1-5H3/p+1/b11-9+,15-13+,16-14+,19-17+,22-20+,23-21+,27-25+,28-26+,31-29+,34-32+. The molecule has 0 heterocycles. The fourth-order valence-electron chi connectivity index (χ4n) is 5.41. The van der Waals surface area contributed by atoms with Crippen molar-refractivity contribution >= 4 is 17.9 Å². The lowest BCUT2D eigenvalue weighted by atomic mass is 10.1. The Kier molecular flexibility index (Phi) is 36.6. The van der Waals surface area contributed by atoms with Crippen LogP contribution in [0.1, 0.15) is 123 Å². The maximum Gasteiger partial charge on any atom is 0.362 e. The van der Waals surface area contributed by atoms with E-state index in [4.69, 9.17) is 14.2 Å². The summed E-state index contributed by atoms with van der Waals surface area (Å²) in [5, 5.41) is 9.62. The Bertz CT molecular complexity index is 1350. The van der Waals surface area contributed by atoms with Gasteiger partial charge in [0.1, 0.15) is 6.61 Å². The van der Waals surface area contributed by atoms with Gasteiger partial charge in [-0.25, -0.2) is 4.79 Å². The molecule has 0 aliphatic rings. The first-order chi connectivity index (χ1) is 28.1. The van der Waals surface area contributed by atoms with E-state index < -0.39 is 18.1 Å². The lowest BCUT2D eigenvalue weighted by Crippen LogP contribution is -2.50. The van der Waals surface area contributed by atoms with E-state index >= 15 is 0 Å². The summed E-state index contributed by atoms with van der Waals surface area (Å²) in [7, 11) is 5.47. The van der Waals surface area contributed by atoms with E-state index in [-0.39, 0.29) is 49.1 Å². The molecule has 0 radical (unpaired) electrons. The first-order valence-electron chi connectivity index (χ1n) is 21.7. The van der Waals surface area contributed by atoms with Crippen LogP contribution in [-0.4, -0.2) is 80.6 Å². The van der Waals surface area contributed by atoms with E-state index in [1.165, 1.54) is 25.7 Å². The molecule has 324 valence electrons. The summed E-state index contributed by atoms with van der Waals surface area (Å²) in [5.74, 6) is -1.62. The van der Waals surface area contributed by atoms with Crippen LogP contribution in [0.5, 0.6) is 0 Å². The predicted octanol–water partition coefficient (Wildman–Crippen LogP) is 11.9. The number of aliphatic carboxylic acids is 1. The first-order valence-corrected chi connectivity index (χ1v) is 21.7. The molecule has 0 aliphatic heterocycles. The molecule has 58 heavy (non-hydrogen) atoms. The van der Waals surface area contributed by atoms with Crippen LogP contribution in [0.25, 0.3) is 0 Å². The van der Waals surface area contributed by atoms with E-state index in [0.29, 0.717) is 19.3 Å². The summed E-state index contributed by atoms with van der Waals surface area (Å²) in [4.78, 5) is 36.9. The van der Waals surface area contributed by atoms with E-state index in [9.17, 15) is 19.5 Å². The first kappa shape index (κ1) is 53.7. The van der Waals surface area contributed by atoms with Crippen LogP contribution in [0.3, 0.4) is 0 Å². The molecule has 0 amide bonds. The average Bonchev–Trinajstić information content (AvgIpc) is 3.18. The van der Waals surface area contributed by atoms with E-state index in [2.05, 4.69) is 74.6 Å². The quantitative estimate of drug-likeness (QED) is 0.0221. The number of carbonyl (C=O) groups is 3. The van der Waals surface area contributed by atoms with Crippen LogP contribution in [0.15, 0.2) is 122 Å². The zero-order valence-electron chi connectivity index (χ0n) is 36.7. The molecule has 0 aliphatic carbocycles. The molecule has 0 bridgehead atoms. The Balaban J connectivity index is 4.59. The molecule has 1 N–H and O–H groups in total. The lowest BCUT2D eigenvalue weighted by Gasteiger charge is -2.31. The monoisotopic (exact) mass is 805 g/mol. The molecule has 0 spiro atoms. The zero-order chi connectivity index (χ0) is 42.8. The van der Waals surface area contributed by atoms with Gasteiger partial charge in [0.2, 0.25) is 0 Å². The molecule has 0 aromatic rings. The SMILES string of the molecule is CC/C=C/C=C/C=C/C=C/C=C/C=C/CCCCCC(=O)OC(COCCC(C(=O)O)[N+](C)(C)C)COC(=O)CCC/C=C/C/C=C/C/C=C/C/C=C/CCCCC. The Morgan fingerprint density at radius 2 is 1.05 bits per heavy atom. The van der Waals surface area contributed by atoms with Crippen molar-refractivity contribution in [2.75, 3.05) is 41.0 Å². The molecule has 0 fully saturated rings. The largest absolute Gasteiger partial charge is 0.477 e. The molecule has 0 saturated carbocycles. The summed E-state index contributed by atoms with van der Waals surface area (Å²) in [6.07, 6.45) is 55.3. The van der Waals surface area contributed by atoms with Gasteiger partial charge < -0.3 is 23.8 Å². The number of ether oxygens (including phenoxy) is 3. The van der Waals surface area contributed by atoms with Crippen molar-refractivity contribution in [1.82, 2.24) is 0 Å². The molecule has 0 rings (SSSR count). The lowest BCUT2D eigenvalue weighted by molar-refractivity contribution is -0.887. The highest BCUT2D eigenvalue weighted by Crippen LogP contribution is 2.11. The summed E-state index contributed by atoms with van der Waals surface area (Å²) in [6.45, 7) is 4.42. The number of carboxylic acid groups (broad SMARTS) is 1. The van der Waals surface area contributed by atoms with Crippen molar-refractivity contribution < 1.29 is 38.2 Å². The Labute approximate surface area is 352 Å². The number of quaternary nitrogens is 1. The van der Waals surface area contributed by atoms with Gasteiger partial charge in [-0.15, -0.1) is 0 Å². The van der Waals surface area contributed by atoms with Gasteiger partial charge in [-0.3, -0.25) is 9.59 Å². The normalized spacial score (nSPS) is 14.2. The molecular weight excluding hydrogens is 727 g/mol. The molecule has 2 unspecified atom stereocenters. The molecule has 0 aromatic heterocycles. The minimum Gasteiger partial charge on any atom is -0.477 e. The average molecular weight is 805 g/mol. The zero-order valence-corrected chi connectivity index (χ0v) is 36.7. The molecule has 8 nitrogen and oxygen atoms in total. The van der Waals surface area contributed by atoms with Crippen molar-refractivity contribution in [3.05, 3.63) is 122 Å². The smallest absolute Gasteiger partial charge is 0.362 e. The maximum atomic E-state index is 12.7. The summed E-state index contributed by atoms with van der Waals surface area (Å²) >= 11 is 0. The molecule has 8 heteroatoms. The van der Waals surface area contributed by atoms with E-state index in [1.807, 2.05) is 81.9 Å². The topological polar surface area (TPSA) is 99.1 Å². The number of carboxylic acids is 1. The fraction of sp³-hybridized carbons (Fsp3) is 0.540. The van der Waals surface area contributed by atoms with Crippen LogP contribution in [0.2, 0.25) is 0 Å². The Morgan fingerprint density at radius 1 is 0.552 bits per heavy atom. The van der Waals surface area contributed by atoms with E-state index in [0.717, 1.165) is 51.4 Å². The van der Waals surface area contributed by atoms with Gasteiger partial charge in [-0.1, -0.05) is 155 Å². The highest BCUT2D eigenvalue weighted by molar-refractivity contribution is 5.72. The van der Waals surface area contributed by atoms with Crippen molar-refractivity contribution in [2.24, 2.45) is 0 Å². The second-order valence-corrected chi connectivity index (χ2v) is 15.0. The summed E-state index contributed by atoms with van der Waals surface area (Å²) < 4.78 is 17.2. The highest BCUT2D eigenvalue weighted by Gasteiger charge is 2.31. The van der Waals surface area contributed by atoms with Gasteiger partial charge in [-0.05, 0) is 70.6 Å². The number of hydrogen-bond donors (Lipinski definition) is 1. The van der Waals surface area contributed by atoms with E-state index in [1.54, 1.807) is 0 Å². The molecule has 2 atom stereocenters. The van der Waals surface area contributed by atoms with Crippen molar-refractivity contribution in [1.29, 1.82) is 0 Å². The number of esters is 2. The Hall–Kier alpha value is -4.27. The number of likely N-dealkylation sites (N-methyl/N-ethyl adjacent to an activating group) is 1. The molecule has 0 saturated heterocycles. The summed E-state index contributed by atoms with van der Waals surface area (Å²) in [6, 6.07) is -0.639. The third kappa shape index (κ3) is 37.3. The highest BCUT2D eigenvalue weighted by atomic mass is 16.6. The van der Waals surface area contributed by atoms with Gasteiger partial charge in [-0.2, -0.15) is 0 Å². The van der Waals surface area contributed by atoms with Crippen molar-refractivity contribution in [2.45, 2.75) is 135 Å².